The standard InChI is InChI=1S/C15H16FNO/c16-14-8-4-5-9-15(14)17-10-11-18-12-13-6-2-1-3-7-13/h1-9,17H,10-12H2. The van der Waals surface area contributed by atoms with Crippen molar-refractivity contribution < 1.29 is 9.13 Å². The molecule has 0 bridgehead atoms. The Morgan fingerprint density at radius 2 is 1.67 bits per heavy atom. The van der Waals surface area contributed by atoms with E-state index in [1.165, 1.54) is 6.07 Å². The first-order valence-electron chi connectivity index (χ1n) is 5.96. The lowest BCUT2D eigenvalue weighted by Crippen LogP contribution is -2.10. The molecule has 0 aliphatic carbocycles. The molecule has 0 fully saturated rings. The Hall–Kier alpha value is -1.87. The molecule has 0 atom stereocenters. The Morgan fingerprint density at radius 3 is 2.44 bits per heavy atom. The predicted octanol–water partition coefficient (Wildman–Crippen LogP) is 3.45. The summed E-state index contributed by atoms with van der Waals surface area (Å²) < 4.78 is 18.8. The summed E-state index contributed by atoms with van der Waals surface area (Å²) in [4.78, 5) is 0. The van der Waals surface area contributed by atoms with E-state index in [0.717, 1.165) is 5.56 Å². The summed E-state index contributed by atoms with van der Waals surface area (Å²) in [5.41, 5.74) is 1.66. The first-order chi connectivity index (χ1) is 8.86. The van der Waals surface area contributed by atoms with Gasteiger partial charge >= 0.3 is 0 Å². The van der Waals surface area contributed by atoms with Crippen LogP contribution in [0.2, 0.25) is 0 Å². The van der Waals surface area contributed by atoms with Gasteiger partial charge in [-0.15, -0.1) is 0 Å². The van der Waals surface area contributed by atoms with Gasteiger partial charge in [-0.05, 0) is 17.7 Å². The lowest BCUT2D eigenvalue weighted by Gasteiger charge is -2.08. The summed E-state index contributed by atoms with van der Waals surface area (Å²) in [5, 5.41) is 3.00. The zero-order valence-corrected chi connectivity index (χ0v) is 10.1. The zero-order valence-electron chi connectivity index (χ0n) is 10.1. The fourth-order valence-electron chi connectivity index (χ4n) is 1.63. The van der Waals surface area contributed by atoms with Crippen LogP contribution in [-0.2, 0) is 11.3 Å². The molecule has 0 spiro atoms. The molecule has 3 heteroatoms. The highest BCUT2D eigenvalue weighted by atomic mass is 19.1. The number of hydrogen-bond donors (Lipinski definition) is 1. The normalized spacial score (nSPS) is 10.3. The average Bonchev–Trinajstić information content (AvgIpc) is 2.42. The van der Waals surface area contributed by atoms with Crippen LogP contribution in [0.1, 0.15) is 5.56 Å². The molecular formula is C15H16FNO. The molecule has 0 heterocycles. The van der Waals surface area contributed by atoms with Crippen molar-refractivity contribution in [1.82, 2.24) is 0 Å². The highest BCUT2D eigenvalue weighted by molar-refractivity contribution is 5.44. The number of anilines is 1. The van der Waals surface area contributed by atoms with Crippen LogP contribution in [0.5, 0.6) is 0 Å². The van der Waals surface area contributed by atoms with E-state index >= 15 is 0 Å². The van der Waals surface area contributed by atoms with Gasteiger partial charge in [-0.3, -0.25) is 0 Å². The second-order valence-electron chi connectivity index (χ2n) is 3.94. The van der Waals surface area contributed by atoms with Gasteiger partial charge in [0.25, 0.3) is 0 Å². The number of nitrogens with one attached hydrogen (secondary N) is 1. The van der Waals surface area contributed by atoms with Gasteiger partial charge in [-0.25, -0.2) is 4.39 Å². The van der Waals surface area contributed by atoms with Crippen molar-refractivity contribution in [3.8, 4) is 0 Å². The Labute approximate surface area is 106 Å². The molecule has 2 rings (SSSR count). The number of ether oxygens (including phenoxy) is 1. The van der Waals surface area contributed by atoms with Crippen LogP contribution in [0.4, 0.5) is 10.1 Å². The zero-order chi connectivity index (χ0) is 12.6. The highest BCUT2D eigenvalue weighted by Gasteiger charge is 1.98. The molecule has 0 radical (unpaired) electrons. The third-order valence-electron chi connectivity index (χ3n) is 2.55. The van der Waals surface area contributed by atoms with Crippen LogP contribution in [0.15, 0.2) is 54.6 Å². The van der Waals surface area contributed by atoms with E-state index in [2.05, 4.69) is 5.32 Å². The summed E-state index contributed by atoms with van der Waals surface area (Å²) in [6, 6.07) is 16.6. The van der Waals surface area contributed by atoms with Crippen molar-refractivity contribution in [2.45, 2.75) is 6.61 Å². The van der Waals surface area contributed by atoms with Gasteiger partial charge in [-0.2, -0.15) is 0 Å². The second-order valence-corrected chi connectivity index (χ2v) is 3.94. The van der Waals surface area contributed by atoms with Gasteiger partial charge in [0, 0.05) is 6.54 Å². The molecule has 18 heavy (non-hydrogen) atoms. The predicted molar refractivity (Wildman–Crippen MR) is 71.0 cm³/mol. The van der Waals surface area contributed by atoms with E-state index in [-0.39, 0.29) is 5.82 Å². The molecular weight excluding hydrogens is 229 g/mol. The Balaban J connectivity index is 1.66. The summed E-state index contributed by atoms with van der Waals surface area (Å²) in [6.07, 6.45) is 0. The van der Waals surface area contributed by atoms with Crippen LogP contribution in [-0.4, -0.2) is 13.2 Å². The molecule has 94 valence electrons. The van der Waals surface area contributed by atoms with Crippen molar-refractivity contribution in [2.75, 3.05) is 18.5 Å². The average molecular weight is 245 g/mol. The van der Waals surface area contributed by atoms with E-state index in [4.69, 9.17) is 4.74 Å². The van der Waals surface area contributed by atoms with Crippen LogP contribution in [0, 0.1) is 5.82 Å². The third kappa shape index (κ3) is 3.86. The lowest BCUT2D eigenvalue weighted by atomic mass is 10.2. The van der Waals surface area contributed by atoms with E-state index in [9.17, 15) is 4.39 Å². The molecule has 2 aromatic rings. The minimum Gasteiger partial charge on any atom is -0.380 e. The minimum atomic E-state index is -0.236. The second kappa shape index (κ2) is 6.77. The minimum absolute atomic E-state index is 0.236. The maximum Gasteiger partial charge on any atom is 0.146 e. The fourth-order valence-corrected chi connectivity index (χ4v) is 1.63. The molecule has 0 aliphatic rings. The van der Waals surface area contributed by atoms with Gasteiger partial charge in [0.15, 0.2) is 0 Å². The van der Waals surface area contributed by atoms with Crippen LogP contribution < -0.4 is 5.32 Å². The van der Waals surface area contributed by atoms with Crippen LogP contribution in [0.25, 0.3) is 0 Å². The lowest BCUT2D eigenvalue weighted by molar-refractivity contribution is 0.130. The number of halogens is 1. The SMILES string of the molecule is Fc1ccccc1NCCOCc1ccccc1. The quantitative estimate of drug-likeness (QED) is 0.787. The summed E-state index contributed by atoms with van der Waals surface area (Å²) in [5.74, 6) is -0.236. The molecule has 0 saturated heterocycles. The summed E-state index contributed by atoms with van der Waals surface area (Å²) in [6.45, 7) is 1.72. The van der Waals surface area contributed by atoms with E-state index in [1.54, 1.807) is 18.2 Å². The van der Waals surface area contributed by atoms with Crippen LogP contribution >= 0.6 is 0 Å². The molecule has 0 aliphatic heterocycles. The van der Waals surface area contributed by atoms with Crippen molar-refractivity contribution in [3.05, 3.63) is 66.0 Å². The van der Waals surface area contributed by atoms with E-state index < -0.39 is 0 Å². The van der Waals surface area contributed by atoms with Gasteiger partial charge in [0.05, 0.1) is 18.9 Å². The molecule has 0 amide bonds. The van der Waals surface area contributed by atoms with Gasteiger partial charge in [0.1, 0.15) is 5.82 Å². The Kier molecular flexibility index (Phi) is 4.73. The number of benzene rings is 2. The first-order valence-corrected chi connectivity index (χ1v) is 5.96. The third-order valence-corrected chi connectivity index (χ3v) is 2.55. The molecule has 0 aromatic heterocycles. The molecule has 2 nitrogen and oxygen atoms in total. The van der Waals surface area contributed by atoms with Crippen LogP contribution in [0.3, 0.4) is 0 Å². The van der Waals surface area contributed by atoms with Gasteiger partial charge in [0.2, 0.25) is 0 Å². The van der Waals surface area contributed by atoms with E-state index in [1.807, 2.05) is 30.3 Å². The molecule has 0 unspecified atom stereocenters. The van der Waals surface area contributed by atoms with Crippen molar-refractivity contribution in [3.63, 3.8) is 0 Å². The number of rotatable bonds is 6. The molecule has 0 saturated carbocycles. The summed E-state index contributed by atoms with van der Waals surface area (Å²) in [7, 11) is 0. The Morgan fingerprint density at radius 1 is 0.944 bits per heavy atom. The molecule has 2 aromatic carbocycles. The monoisotopic (exact) mass is 245 g/mol. The fraction of sp³-hybridized carbons (Fsp3) is 0.200. The smallest absolute Gasteiger partial charge is 0.146 e. The maximum atomic E-state index is 13.3. The highest BCUT2D eigenvalue weighted by Crippen LogP contribution is 2.11. The largest absolute Gasteiger partial charge is 0.380 e. The Bertz CT molecular complexity index is 473. The first kappa shape index (κ1) is 12.6. The summed E-state index contributed by atoms with van der Waals surface area (Å²) >= 11 is 0. The molecule has 1 N–H and O–H groups in total. The number of hydrogen-bond acceptors (Lipinski definition) is 2. The topological polar surface area (TPSA) is 21.3 Å². The van der Waals surface area contributed by atoms with Gasteiger partial charge in [-0.1, -0.05) is 42.5 Å². The van der Waals surface area contributed by atoms with E-state index in [0.29, 0.717) is 25.4 Å². The van der Waals surface area contributed by atoms with Crippen molar-refractivity contribution >= 4 is 5.69 Å². The van der Waals surface area contributed by atoms with Crippen molar-refractivity contribution in [2.24, 2.45) is 0 Å². The maximum absolute atomic E-state index is 13.3. The number of para-hydroxylation sites is 1. The van der Waals surface area contributed by atoms with Crippen molar-refractivity contribution in [1.29, 1.82) is 0 Å². The van der Waals surface area contributed by atoms with Gasteiger partial charge < -0.3 is 10.1 Å².